The van der Waals surface area contributed by atoms with Gasteiger partial charge in [-0.2, -0.15) is 5.10 Å². The van der Waals surface area contributed by atoms with E-state index in [1.165, 1.54) is 5.69 Å². The third-order valence-corrected chi connectivity index (χ3v) is 4.45. The van der Waals surface area contributed by atoms with Crippen LogP contribution in [-0.2, 0) is 11.3 Å². The van der Waals surface area contributed by atoms with E-state index in [9.17, 15) is 0 Å². The largest absolute Gasteiger partial charge is 0.383 e. The molecule has 2 atom stereocenters. The molecule has 1 fully saturated rings. The van der Waals surface area contributed by atoms with Crippen molar-refractivity contribution >= 4 is 5.69 Å². The molecule has 1 aliphatic rings. The zero-order valence-electron chi connectivity index (χ0n) is 13.2. The van der Waals surface area contributed by atoms with Gasteiger partial charge >= 0.3 is 0 Å². The molecule has 1 N–H and O–H groups in total. The summed E-state index contributed by atoms with van der Waals surface area (Å²) in [5.41, 5.74) is 1.43. The molecule has 0 saturated carbocycles. The van der Waals surface area contributed by atoms with Crippen molar-refractivity contribution in [3.05, 3.63) is 12.4 Å². The number of hydrogen-bond acceptors (Lipinski definition) is 4. The summed E-state index contributed by atoms with van der Waals surface area (Å²) in [5.74, 6) is 0. The molecule has 1 saturated heterocycles. The van der Waals surface area contributed by atoms with Crippen LogP contribution < -0.4 is 10.2 Å². The van der Waals surface area contributed by atoms with E-state index in [-0.39, 0.29) is 5.54 Å². The predicted molar refractivity (Wildman–Crippen MR) is 82.2 cm³/mol. The topological polar surface area (TPSA) is 42.3 Å². The van der Waals surface area contributed by atoms with Crippen molar-refractivity contribution in [2.75, 3.05) is 31.7 Å². The molecule has 1 aromatic heterocycles. The molecule has 0 aliphatic carbocycles. The quantitative estimate of drug-likeness (QED) is 0.864. The third-order valence-electron chi connectivity index (χ3n) is 4.45. The van der Waals surface area contributed by atoms with Gasteiger partial charge in [0.05, 0.1) is 25.0 Å². The first-order valence-electron chi connectivity index (χ1n) is 7.65. The van der Waals surface area contributed by atoms with Gasteiger partial charge in [-0.05, 0) is 19.8 Å². The average molecular weight is 280 g/mol. The fraction of sp³-hybridized carbons (Fsp3) is 0.800. The maximum Gasteiger partial charge on any atom is 0.0756 e. The molecule has 5 heteroatoms. The van der Waals surface area contributed by atoms with Gasteiger partial charge in [-0.25, -0.2) is 0 Å². The van der Waals surface area contributed by atoms with Crippen LogP contribution >= 0.6 is 0 Å². The lowest BCUT2D eigenvalue weighted by Crippen LogP contribution is -2.62. The van der Waals surface area contributed by atoms with Crippen LogP contribution in [0.15, 0.2) is 12.4 Å². The molecule has 0 spiro atoms. The normalized spacial score (nSPS) is 27.0. The van der Waals surface area contributed by atoms with E-state index in [1.54, 1.807) is 7.11 Å². The molecule has 0 amide bonds. The van der Waals surface area contributed by atoms with Crippen LogP contribution in [0.4, 0.5) is 5.69 Å². The summed E-state index contributed by atoms with van der Waals surface area (Å²) in [6.07, 6.45) is 6.41. The molecule has 2 heterocycles. The highest BCUT2D eigenvalue weighted by atomic mass is 16.5. The van der Waals surface area contributed by atoms with E-state index in [0.29, 0.717) is 12.6 Å². The first-order chi connectivity index (χ1) is 9.61. The van der Waals surface area contributed by atoms with E-state index in [4.69, 9.17) is 4.74 Å². The fourth-order valence-electron chi connectivity index (χ4n) is 2.75. The SMILES string of the molecule is CCC1CNC(C)(CC)CN1c1cnn(CCOC)c1. The summed E-state index contributed by atoms with van der Waals surface area (Å²) in [6, 6.07) is 0.551. The van der Waals surface area contributed by atoms with E-state index < -0.39 is 0 Å². The van der Waals surface area contributed by atoms with Gasteiger partial charge in [-0.15, -0.1) is 0 Å². The van der Waals surface area contributed by atoms with Gasteiger partial charge in [0.1, 0.15) is 0 Å². The molecule has 1 aliphatic heterocycles. The van der Waals surface area contributed by atoms with Crippen LogP contribution in [0.2, 0.25) is 0 Å². The highest BCUT2D eigenvalue weighted by Crippen LogP contribution is 2.26. The summed E-state index contributed by atoms with van der Waals surface area (Å²) in [5, 5.41) is 8.14. The standard InChI is InChI=1S/C15H28N4O/c1-5-13-9-16-15(3,6-2)12-19(13)14-10-17-18(11-14)7-8-20-4/h10-11,13,16H,5-9,12H2,1-4H3. The first-order valence-corrected chi connectivity index (χ1v) is 7.65. The van der Waals surface area contributed by atoms with Gasteiger partial charge < -0.3 is 15.0 Å². The predicted octanol–water partition coefficient (Wildman–Crippen LogP) is 1.89. The number of ether oxygens (including phenoxy) is 1. The molecule has 2 unspecified atom stereocenters. The Labute approximate surface area is 122 Å². The van der Waals surface area contributed by atoms with Crippen LogP contribution in [0.3, 0.4) is 0 Å². The second-order valence-electron chi connectivity index (χ2n) is 5.94. The Morgan fingerprint density at radius 3 is 2.95 bits per heavy atom. The third kappa shape index (κ3) is 3.33. The summed E-state index contributed by atoms with van der Waals surface area (Å²) in [7, 11) is 1.72. The zero-order valence-corrected chi connectivity index (χ0v) is 13.2. The van der Waals surface area contributed by atoms with Crippen molar-refractivity contribution in [2.24, 2.45) is 0 Å². The number of aromatic nitrogens is 2. The van der Waals surface area contributed by atoms with Crippen LogP contribution in [-0.4, -0.2) is 48.2 Å². The molecule has 114 valence electrons. The van der Waals surface area contributed by atoms with Crippen molar-refractivity contribution < 1.29 is 4.74 Å². The van der Waals surface area contributed by atoms with Crippen molar-refractivity contribution in [3.8, 4) is 0 Å². The van der Waals surface area contributed by atoms with E-state index in [0.717, 1.165) is 32.5 Å². The Hall–Kier alpha value is -1.07. The molecule has 5 nitrogen and oxygen atoms in total. The maximum absolute atomic E-state index is 5.11. The van der Waals surface area contributed by atoms with Gasteiger partial charge in [0.15, 0.2) is 0 Å². The highest BCUT2D eigenvalue weighted by Gasteiger charge is 2.34. The summed E-state index contributed by atoms with van der Waals surface area (Å²) >= 11 is 0. The number of methoxy groups -OCH3 is 1. The Morgan fingerprint density at radius 1 is 1.50 bits per heavy atom. The Balaban J connectivity index is 2.12. The first kappa shape index (κ1) is 15.3. The summed E-state index contributed by atoms with van der Waals surface area (Å²) in [4.78, 5) is 2.51. The molecule has 0 bridgehead atoms. The second-order valence-corrected chi connectivity index (χ2v) is 5.94. The van der Waals surface area contributed by atoms with Crippen molar-refractivity contribution in [2.45, 2.75) is 51.7 Å². The van der Waals surface area contributed by atoms with Gasteiger partial charge in [-0.3, -0.25) is 4.68 Å². The monoisotopic (exact) mass is 280 g/mol. The number of piperazine rings is 1. The number of rotatable bonds is 6. The Morgan fingerprint density at radius 2 is 2.30 bits per heavy atom. The molecule has 1 aromatic rings. The van der Waals surface area contributed by atoms with Crippen LogP contribution in [0.1, 0.15) is 33.6 Å². The van der Waals surface area contributed by atoms with Crippen LogP contribution in [0, 0.1) is 0 Å². The lowest BCUT2D eigenvalue weighted by molar-refractivity contribution is 0.183. The summed E-state index contributed by atoms with van der Waals surface area (Å²) in [6.45, 7) is 10.4. The number of nitrogens with zero attached hydrogens (tertiary/aromatic N) is 3. The number of anilines is 1. The van der Waals surface area contributed by atoms with Gasteiger partial charge in [0, 0.05) is 38.0 Å². The molecule has 0 radical (unpaired) electrons. The van der Waals surface area contributed by atoms with Crippen molar-refractivity contribution in [1.29, 1.82) is 0 Å². The lowest BCUT2D eigenvalue weighted by Gasteiger charge is -2.46. The van der Waals surface area contributed by atoms with Gasteiger partial charge in [-0.1, -0.05) is 13.8 Å². The van der Waals surface area contributed by atoms with E-state index in [1.807, 2.05) is 10.9 Å². The van der Waals surface area contributed by atoms with Crippen LogP contribution in [0.25, 0.3) is 0 Å². The second kappa shape index (κ2) is 6.59. The van der Waals surface area contributed by atoms with Crippen LogP contribution in [0.5, 0.6) is 0 Å². The van der Waals surface area contributed by atoms with Gasteiger partial charge in [0.25, 0.3) is 0 Å². The van der Waals surface area contributed by atoms with E-state index >= 15 is 0 Å². The Bertz CT molecular complexity index is 420. The smallest absolute Gasteiger partial charge is 0.0756 e. The number of hydrogen-bond donors (Lipinski definition) is 1. The zero-order chi connectivity index (χ0) is 14.6. The van der Waals surface area contributed by atoms with Crippen molar-refractivity contribution in [1.82, 2.24) is 15.1 Å². The highest BCUT2D eigenvalue weighted by molar-refractivity contribution is 5.45. The number of nitrogens with one attached hydrogen (secondary N) is 1. The fourth-order valence-corrected chi connectivity index (χ4v) is 2.75. The molecular weight excluding hydrogens is 252 g/mol. The molecule has 20 heavy (non-hydrogen) atoms. The molecule has 0 aromatic carbocycles. The minimum Gasteiger partial charge on any atom is -0.383 e. The minimum atomic E-state index is 0.195. The molecular formula is C15H28N4O. The maximum atomic E-state index is 5.11. The summed E-state index contributed by atoms with van der Waals surface area (Å²) < 4.78 is 7.08. The minimum absolute atomic E-state index is 0.195. The average Bonchev–Trinajstić information content (AvgIpc) is 2.94. The van der Waals surface area contributed by atoms with E-state index in [2.05, 4.69) is 42.3 Å². The Kier molecular flexibility index (Phi) is 5.05. The molecule has 2 rings (SSSR count). The van der Waals surface area contributed by atoms with Crippen molar-refractivity contribution in [3.63, 3.8) is 0 Å². The van der Waals surface area contributed by atoms with Gasteiger partial charge in [0.2, 0.25) is 0 Å². The lowest BCUT2D eigenvalue weighted by atomic mass is 9.92.